The lowest BCUT2D eigenvalue weighted by atomic mass is 9.81. The van der Waals surface area contributed by atoms with Gasteiger partial charge in [-0.05, 0) is 42.5 Å². The van der Waals surface area contributed by atoms with Crippen LogP contribution in [0.4, 0.5) is 13.2 Å². The zero-order valence-corrected chi connectivity index (χ0v) is 9.53. The first-order chi connectivity index (χ1) is 7.04. The molecule has 4 heteroatoms. The molecule has 0 nitrogen and oxygen atoms in total. The molecular formula is C11H10BrF3. The highest BCUT2D eigenvalue weighted by molar-refractivity contribution is 9.10. The number of halogens is 4. The first-order valence-electron chi connectivity index (χ1n) is 4.80. The largest absolute Gasteiger partial charge is 0.276 e. The Hall–Kier alpha value is -0.510. The van der Waals surface area contributed by atoms with Crippen molar-refractivity contribution in [3.8, 4) is 0 Å². The van der Waals surface area contributed by atoms with Gasteiger partial charge >= 0.3 is 0 Å². The molecule has 0 radical (unpaired) electrons. The summed E-state index contributed by atoms with van der Waals surface area (Å²) in [4.78, 5) is 0. The van der Waals surface area contributed by atoms with Crippen molar-refractivity contribution in [2.45, 2.75) is 31.4 Å². The number of hydrogen-bond acceptors (Lipinski definition) is 0. The Balaban J connectivity index is 2.54. The minimum atomic E-state index is -2.95. The van der Waals surface area contributed by atoms with Crippen LogP contribution in [-0.2, 0) is 12.1 Å². The molecule has 1 unspecified atom stereocenters. The van der Waals surface area contributed by atoms with Crippen LogP contribution in [0.1, 0.15) is 24.0 Å². The highest BCUT2D eigenvalue weighted by atomic mass is 79.9. The third kappa shape index (κ3) is 1.80. The molecule has 2 rings (SSSR count). The van der Waals surface area contributed by atoms with E-state index < -0.39 is 12.1 Å². The van der Waals surface area contributed by atoms with Crippen LogP contribution in [0, 0.1) is 0 Å². The van der Waals surface area contributed by atoms with Gasteiger partial charge in [0.25, 0.3) is 6.43 Å². The molecule has 1 aliphatic carbocycles. The van der Waals surface area contributed by atoms with Crippen LogP contribution < -0.4 is 0 Å². The lowest BCUT2D eigenvalue weighted by molar-refractivity contribution is -0.0501. The normalized spacial score (nSPS) is 25.4. The minimum Gasteiger partial charge on any atom is -0.232 e. The number of aryl methyl sites for hydroxylation is 1. The van der Waals surface area contributed by atoms with Gasteiger partial charge in [0.05, 0.1) is 0 Å². The molecule has 1 aliphatic rings. The molecule has 0 N–H and O–H groups in total. The van der Waals surface area contributed by atoms with Crippen molar-refractivity contribution in [2.24, 2.45) is 0 Å². The standard InChI is InChI=1S/C11H10BrF3/c12-8-4-3-7-2-1-5-11(15,10(13)14)9(7)6-8/h3-4,6,10H,1-2,5H2. The van der Waals surface area contributed by atoms with E-state index in [2.05, 4.69) is 15.9 Å². The van der Waals surface area contributed by atoms with Crippen LogP contribution in [-0.4, -0.2) is 6.43 Å². The summed E-state index contributed by atoms with van der Waals surface area (Å²) in [6.07, 6.45) is -1.88. The smallest absolute Gasteiger partial charge is 0.232 e. The number of hydrogen-bond donors (Lipinski definition) is 0. The van der Waals surface area contributed by atoms with Gasteiger partial charge < -0.3 is 0 Å². The van der Waals surface area contributed by atoms with Gasteiger partial charge in [0.2, 0.25) is 0 Å². The average molecular weight is 279 g/mol. The van der Waals surface area contributed by atoms with Crippen molar-refractivity contribution in [1.82, 2.24) is 0 Å². The van der Waals surface area contributed by atoms with Crippen molar-refractivity contribution in [3.05, 3.63) is 33.8 Å². The van der Waals surface area contributed by atoms with Crippen molar-refractivity contribution < 1.29 is 13.2 Å². The van der Waals surface area contributed by atoms with Gasteiger partial charge in [0.15, 0.2) is 5.67 Å². The summed E-state index contributed by atoms with van der Waals surface area (Å²) in [5.74, 6) is 0. The number of rotatable bonds is 1. The minimum absolute atomic E-state index is 0.0892. The number of benzene rings is 1. The highest BCUT2D eigenvalue weighted by Gasteiger charge is 2.45. The SMILES string of the molecule is FC(F)C1(F)CCCc2ccc(Br)cc21. The quantitative estimate of drug-likeness (QED) is 0.722. The Labute approximate surface area is 94.6 Å². The summed E-state index contributed by atoms with van der Waals surface area (Å²) in [7, 11) is 0. The molecule has 1 aromatic rings. The molecular weight excluding hydrogens is 269 g/mol. The van der Waals surface area contributed by atoms with Crippen LogP contribution in [0.5, 0.6) is 0 Å². The topological polar surface area (TPSA) is 0 Å². The van der Waals surface area contributed by atoms with Gasteiger partial charge in [0, 0.05) is 4.47 Å². The molecule has 0 amide bonds. The second-order valence-electron chi connectivity index (χ2n) is 3.82. The summed E-state index contributed by atoms with van der Waals surface area (Å²) in [6, 6.07) is 4.95. The molecule has 0 aliphatic heterocycles. The molecule has 15 heavy (non-hydrogen) atoms. The van der Waals surface area contributed by atoms with Crippen LogP contribution >= 0.6 is 15.9 Å². The van der Waals surface area contributed by atoms with E-state index in [0.717, 1.165) is 0 Å². The third-order valence-electron chi connectivity index (χ3n) is 2.85. The van der Waals surface area contributed by atoms with Crippen molar-refractivity contribution in [1.29, 1.82) is 0 Å². The summed E-state index contributed by atoms with van der Waals surface area (Å²) < 4.78 is 40.2. The Morgan fingerprint density at radius 1 is 1.33 bits per heavy atom. The Kier molecular flexibility index (Phi) is 2.79. The van der Waals surface area contributed by atoms with Crippen molar-refractivity contribution in [3.63, 3.8) is 0 Å². The summed E-state index contributed by atoms with van der Waals surface area (Å²) in [5.41, 5.74) is -1.61. The number of alkyl halides is 3. The van der Waals surface area contributed by atoms with E-state index in [1.54, 1.807) is 12.1 Å². The van der Waals surface area contributed by atoms with Crippen LogP contribution in [0.25, 0.3) is 0 Å². The maximum absolute atomic E-state index is 14.1. The van der Waals surface area contributed by atoms with Gasteiger partial charge in [0.1, 0.15) is 0 Å². The predicted molar refractivity (Wildman–Crippen MR) is 55.9 cm³/mol. The van der Waals surface area contributed by atoms with E-state index in [1.807, 2.05) is 0 Å². The van der Waals surface area contributed by atoms with Crippen molar-refractivity contribution >= 4 is 15.9 Å². The Morgan fingerprint density at radius 3 is 2.73 bits per heavy atom. The fraction of sp³-hybridized carbons (Fsp3) is 0.455. The number of fused-ring (bicyclic) bond motifs is 1. The van der Waals surface area contributed by atoms with Crippen LogP contribution in [0.2, 0.25) is 0 Å². The van der Waals surface area contributed by atoms with E-state index in [-0.39, 0.29) is 12.0 Å². The summed E-state index contributed by atoms with van der Waals surface area (Å²) in [5, 5.41) is 0. The lowest BCUT2D eigenvalue weighted by Crippen LogP contribution is -2.33. The van der Waals surface area contributed by atoms with Gasteiger partial charge in [-0.3, -0.25) is 0 Å². The van der Waals surface area contributed by atoms with E-state index in [1.165, 1.54) is 6.07 Å². The molecule has 82 valence electrons. The molecule has 0 saturated heterocycles. The fourth-order valence-electron chi connectivity index (χ4n) is 2.05. The Bertz CT molecular complexity index is 378. The van der Waals surface area contributed by atoms with Crippen LogP contribution in [0.3, 0.4) is 0 Å². The van der Waals surface area contributed by atoms with E-state index in [9.17, 15) is 13.2 Å². The monoisotopic (exact) mass is 278 g/mol. The van der Waals surface area contributed by atoms with Gasteiger partial charge in [-0.25, -0.2) is 13.2 Å². The average Bonchev–Trinajstić information content (AvgIpc) is 2.19. The molecule has 1 aromatic carbocycles. The van der Waals surface area contributed by atoms with E-state index in [0.29, 0.717) is 22.9 Å². The molecule has 0 saturated carbocycles. The third-order valence-corrected chi connectivity index (χ3v) is 3.35. The van der Waals surface area contributed by atoms with Gasteiger partial charge in [-0.2, -0.15) is 0 Å². The Morgan fingerprint density at radius 2 is 2.07 bits per heavy atom. The maximum Gasteiger partial charge on any atom is 0.276 e. The summed E-state index contributed by atoms with van der Waals surface area (Å²) in [6.45, 7) is 0. The summed E-state index contributed by atoms with van der Waals surface area (Å²) >= 11 is 3.18. The maximum atomic E-state index is 14.1. The zero-order chi connectivity index (χ0) is 11.1. The molecule has 0 fully saturated rings. The molecule has 0 bridgehead atoms. The first-order valence-corrected chi connectivity index (χ1v) is 5.59. The van der Waals surface area contributed by atoms with Crippen molar-refractivity contribution in [2.75, 3.05) is 0 Å². The second kappa shape index (κ2) is 3.81. The molecule has 0 aromatic heterocycles. The zero-order valence-electron chi connectivity index (χ0n) is 7.94. The lowest BCUT2D eigenvalue weighted by Gasteiger charge is -2.31. The second-order valence-corrected chi connectivity index (χ2v) is 4.73. The fourth-order valence-corrected chi connectivity index (χ4v) is 2.41. The molecule has 0 heterocycles. The van der Waals surface area contributed by atoms with Gasteiger partial charge in [-0.15, -0.1) is 0 Å². The van der Waals surface area contributed by atoms with E-state index >= 15 is 0 Å². The van der Waals surface area contributed by atoms with Crippen LogP contribution in [0.15, 0.2) is 22.7 Å². The van der Waals surface area contributed by atoms with E-state index in [4.69, 9.17) is 0 Å². The van der Waals surface area contributed by atoms with Gasteiger partial charge in [-0.1, -0.05) is 22.0 Å². The first kappa shape index (κ1) is 11.0. The molecule has 1 atom stereocenters. The predicted octanol–water partition coefficient (Wildman–Crippen LogP) is 4.22. The highest BCUT2D eigenvalue weighted by Crippen LogP contribution is 2.43. The molecule has 0 spiro atoms.